The first-order chi connectivity index (χ1) is 8.87. The van der Waals surface area contributed by atoms with Gasteiger partial charge in [0.2, 0.25) is 0 Å². The van der Waals surface area contributed by atoms with E-state index in [0.29, 0.717) is 17.8 Å². The number of benzene rings is 1. The van der Waals surface area contributed by atoms with Crippen molar-refractivity contribution in [3.05, 3.63) is 34.1 Å². The third-order valence-electron chi connectivity index (χ3n) is 4.46. The van der Waals surface area contributed by atoms with Crippen molar-refractivity contribution < 1.29 is 4.39 Å². The smallest absolute Gasteiger partial charge is 0.127 e. The van der Waals surface area contributed by atoms with E-state index in [1.165, 1.54) is 31.7 Å². The van der Waals surface area contributed by atoms with E-state index < -0.39 is 0 Å². The van der Waals surface area contributed by atoms with Crippen LogP contribution in [0.15, 0.2) is 22.7 Å². The molecule has 1 fully saturated rings. The molecule has 0 bridgehead atoms. The van der Waals surface area contributed by atoms with Gasteiger partial charge in [0.1, 0.15) is 5.82 Å². The summed E-state index contributed by atoms with van der Waals surface area (Å²) in [5.74, 6) is 0.386. The second kappa shape index (κ2) is 5.92. The topological polar surface area (TPSA) is 26.0 Å². The quantitative estimate of drug-likeness (QED) is 0.857. The normalized spacial score (nSPS) is 21.3. The Labute approximate surface area is 123 Å². The number of halogens is 2. The maximum Gasteiger partial charge on any atom is 0.127 e. The SMILES string of the molecule is CC1(C)CCC(C(N)Cc2ccc(Br)cc2F)CC1. The summed E-state index contributed by atoms with van der Waals surface area (Å²) in [4.78, 5) is 0. The van der Waals surface area contributed by atoms with Crippen LogP contribution in [0.5, 0.6) is 0 Å². The van der Waals surface area contributed by atoms with Gasteiger partial charge in [-0.15, -0.1) is 0 Å². The Morgan fingerprint density at radius 2 is 2.00 bits per heavy atom. The Morgan fingerprint density at radius 3 is 2.58 bits per heavy atom. The average Bonchev–Trinajstić information content (AvgIpc) is 2.32. The fraction of sp³-hybridized carbons (Fsp3) is 0.625. The Morgan fingerprint density at radius 1 is 1.37 bits per heavy atom. The van der Waals surface area contributed by atoms with Gasteiger partial charge in [0.25, 0.3) is 0 Å². The third-order valence-corrected chi connectivity index (χ3v) is 4.95. The molecule has 0 spiro atoms. The van der Waals surface area contributed by atoms with Gasteiger partial charge in [0.15, 0.2) is 0 Å². The van der Waals surface area contributed by atoms with Crippen LogP contribution >= 0.6 is 15.9 Å². The molecule has 2 rings (SSSR count). The number of rotatable bonds is 3. The summed E-state index contributed by atoms with van der Waals surface area (Å²) in [7, 11) is 0. The largest absolute Gasteiger partial charge is 0.327 e. The number of hydrogen-bond acceptors (Lipinski definition) is 1. The lowest BCUT2D eigenvalue weighted by atomic mass is 9.70. The predicted molar refractivity (Wildman–Crippen MR) is 81.5 cm³/mol. The minimum absolute atomic E-state index is 0.0757. The van der Waals surface area contributed by atoms with Gasteiger partial charge in [0, 0.05) is 10.5 Å². The standard InChI is InChI=1S/C16H23BrFN/c1-16(2)7-5-11(6-8-16)15(19)9-12-3-4-13(17)10-14(12)18/h3-4,10-11,15H,5-9,19H2,1-2H3. The summed E-state index contributed by atoms with van der Waals surface area (Å²) in [6.45, 7) is 4.65. The molecule has 3 heteroatoms. The second-order valence-electron chi connectivity index (χ2n) is 6.61. The average molecular weight is 328 g/mol. The fourth-order valence-corrected chi connectivity index (χ4v) is 3.29. The molecule has 0 saturated heterocycles. The number of hydrogen-bond donors (Lipinski definition) is 1. The van der Waals surface area contributed by atoms with Gasteiger partial charge in [-0.3, -0.25) is 0 Å². The molecule has 0 heterocycles. The van der Waals surface area contributed by atoms with Crippen molar-refractivity contribution in [1.82, 2.24) is 0 Å². The third kappa shape index (κ3) is 4.03. The molecule has 1 aromatic rings. The molecular weight excluding hydrogens is 305 g/mol. The molecule has 106 valence electrons. The van der Waals surface area contributed by atoms with Crippen LogP contribution < -0.4 is 5.73 Å². The van der Waals surface area contributed by atoms with E-state index in [1.54, 1.807) is 0 Å². The van der Waals surface area contributed by atoms with Gasteiger partial charge in [-0.05, 0) is 61.1 Å². The van der Waals surface area contributed by atoms with Crippen LogP contribution in [0.1, 0.15) is 45.1 Å². The van der Waals surface area contributed by atoms with Crippen molar-refractivity contribution in [1.29, 1.82) is 0 Å². The van der Waals surface area contributed by atoms with Gasteiger partial charge in [-0.2, -0.15) is 0 Å². The predicted octanol–water partition coefficient (Wildman–Crippen LogP) is 4.67. The van der Waals surface area contributed by atoms with E-state index in [0.717, 1.165) is 10.0 Å². The minimum Gasteiger partial charge on any atom is -0.327 e. The van der Waals surface area contributed by atoms with Crippen molar-refractivity contribution in [2.75, 3.05) is 0 Å². The van der Waals surface area contributed by atoms with Gasteiger partial charge < -0.3 is 5.73 Å². The highest BCUT2D eigenvalue weighted by Gasteiger charge is 2.30. The van der Waals surface area contributed by atoms with E-state index in [4.69, 9.17) is 5.73 Å². The summed E-state index contributed by atoms with van der Waals surface area (Å²) < 4.78 is 14.6. The first-order valence-corrected chi connectivity index (χ1v) is 7.86. The Bertz CT molecular complexity index is 434. The first kappa shape index (κ1) is 15.0. The monoisotopic (exact) mass is 327 g/mol. The molecular formula is C16H23BrFN. The van der Waals surface area contributed by atoms with Crippen molar-refractivity contribution in [3.63, 3.8) is 0 Å². The summed E-state index contributed by atoms with van der Waals surface area (Å²) in [5, 5.41) is 0. The van der Waals surface area contributed by atoms with Crippen molar-refractivity contribution in [2.45, 2.75) is 52.0 Å². The summed E-state index contributed by atoms with van der Waals surface area (Å²) in [6, 6.07) is 5.32. The molecule has 0 amide bonds. The zero-order valence-corrected chi connectivity index (χ0v) is 13.3. The zero-order valence-electron chi connectivity index (χ0n) is 11.8. The molecule has 1 aromatic carbocycles. The van der Waals surface area contributed by atoms with Crippen LogP contribution in [-0.4, -0.2) is 6.04 Å². The first-order valence-electron chi connectivity index (χ1n) is 7.07. The van der Waals surface area contributed by atoms with Crippen LogP contribution in [0.25, 0.3) is 0 Å². The van der Waals surface area contributed by atoms with Crippen molar-refractivity contribution >= 4 is 15.9 Å². The van der Waals surface area contributed by atoms with Gasteiger partial charge in [0.05, 0.1) is 0 Å². The molecule has 2 N–H and O–H groups in total. The molecule has 0 aromatic heterocycles. The molecule has 1 aliphatic rings. The lowest BCUT2D eigenvalue weighted by molar-refractivity contribution is 0.172. The van der Waals surface area contributed by atoms with E-state index in [-0.39, 0.29) is 11.9 Å². The van der Waals surface area contributed by atoms with E-state index in [2.05, 4.69) is 29.8 Å². The maximum atomic E-state index is 13.8. The molecule has 1 nitrogen and oxygen atoms in total. The fourth-order valence-electron chi connectivity index (χ4n) is 2.96. The number of nitrogens with two attached hydrogens (primary N) is 1. The van der Waals surface area contributed by atoms with E-state index in [9.17, 15) is 4.39 Å². The summed E-state index contributed by atoms with van der Waals surface area (Å²) >= 11 is 3.28. The Kier molecular flexibility index (Phi) is 4.67. The summed E-state index contributed by atoms with van der Waals surface area (Å²) in [6.07, 6.45) is 5.45. The highest BCUT2D eigenvalue weighted by Crippen LogP contribution is 2.39. The van der Waals surface area contributed by atoms with Gasteiger partial charge in [-0.1, -0.05) is 35.8 Å². The van der Waals surface area contributed by atoms with Gasteiger partial charge >= 0.3 is 0 Å². The lowest BCUT2D eigenvalue weighted by Gasteiger charge is -2.37. The van der Waals surface area contributed by atoms with Crippen LogP contribution in [0.3, 0.4) is 0 Å². The van der Waals surface area contributed by atoms with Crippen molar-refractivity contribution in [2.24, 2.45) is 17.1 Å². The summed E-state index contributed by atoms with van der Waals surface area (Å²) in [5.41, 5.74) is 7.49. The molecule has 0 aliphatic heterocycles. The minimum atomic E-state index is -0.152. The van der Waals surface area contributed by atoms with Crippen LogP contribution in [0.4, 0.5) is 4.39 Å². The Balaban J connectivity index is 1.96. The molecule has 19 heavy (non-hydrogen) atoms. The molecule has 1 unspecified atom stereocenters. The van der Waals surface area contributed by atoms with E-state index in [1.807, 2.05) is 12.1 Å². The zero-order chi connectivity index (χ0) is 14.0. The molecule has 1 saturated carbocycles. The molecule has 0 radical (unpaired) electrons. The molecule has 1 atom stereocenters. The lowest BCUT2D eigenvalue weighted by Crippen LogP contribution is -2.36. The van der Waals surface area contributed by atoms with Crippen molar-refractivity contribution in [3.8, 4) is 0 Å². The van der Waals surface area contributed by atoms with Crippen LogP contribution in [0, 0.1) is 17.2 Å². The van der Waals surface area contributed by atoms with Crippen LogP contribution in [0.2, 0.25) is 0 Å². The molecule has 1 aliphatic carbocycles. The highest BCUT2D eigenvalue weighted by atomic mass is 79.9. The highest BCUT2D eigenvalue weighted by molar-refractivity contribution is 9.10. The van der Waals surface area contributed by atoms with Gasteiger partial charge in [-0.25, -0.2) is 4.39 Å². The second-order valence-corrected chi connectivity index (χ2v) is 7.52. The van der Waals surface area contributed by atoms with Crippen LogP contribution in [-0.2, 0) is 6.42 Å². The Hall–Kier alpha value is -0.410. The van der Waals surface area contributed by atoms with E-state index >= 15 is 0 Å². The maximum absolute atomic E-state index is 13.8.